The number of piperidine rings is 1. The third-order valence-corrected chi connectivity index (χ3v) is 5.00. The normalized spacial score (nSPS) is 17.1. The molecule has 1 saturated heterocycles. The lowest BCUT2D eigenvalue weighted by atomic mass is 9.95. The van der Waals surface area contributed by atoms with Crippen molar-refractivity contribution in [2.45, 2.75) is 25.7 Å². The molecule has 1 aromatic rings. The van der Waals surface area contributed by atoms with E-state index in [2.05, 4.69) is 10.6 Å². The van der Waals surface area contributed by atoms with Crippen LogP contribution < -0.4 is 10.6 Å². The minimum Gasteiger partial charge on any atom is -0.447 e. The molecule has 0 spiro atoms. The van der Waals surface area contributed by atoms with Crippen LogP contribution in [-0.2, 0) is 19.1 Å². The highest BCUT2D eigenvalue weighted by molar-refractivity contribution is 5.94. The van der Waals surface area contributed by atoms with Crippen molar-refractivity contribution >= 4 is 29.3 Å². The van der Waals surface area contributed by atoms with E-state index in [-0.39, 0.29) is 30.3 Å². The molecule has 1 heterocycles. The number of hydrogen-bond acceptors (Lipinski definition) is 5. The lowest BCUT2D eigenvalue weighted by molar-refractivity contribution is -0.135. The Bertz CT molecular complexity index is 712. The van der Waals surface area contributed by atoms with Gasteiger partial charge in [0.15, 0.2) is 0 Å². The Kier molecular flexibility index (Phi) is 6.86. The van der Waals surface area contributed by atoms with E-state index in [1.165, 1.54) is 7.11 Å². The molecule has 3 rings (SSSR count). The van der Waals surface area contributed by atoms with E-state index in [1.807, 2.05) is 4.90 Å². The summed E-state index contributed by atoms with van der Waals surface area (Å²) in [6.45, 7) is 1.78. The van der Waals surface area contributed by atoms with Crippen molar-refractivity contribution in [2.24, 2.45) is 11.8 Å². The SMILES string of the molecule is COCCOC(=O)Nc1cccc(NC(=O)C2CCN(C(=O)C3CC3)CC2)c1. The molecule has 1 aromatic carbocycles. The number of benzene rings is 1. The lowest BCUT2D eigenvalue weighted by Gasteiger charge is -2.31. The standard InChI is InChI=1S/C20H27N3O5/c1-27-11-12-28-20(26)22-17-4-2-3-16(13-17)21-18(24)14-7-9-23(10-8-14)19(25)15-5-6-15/h2-4,13-15H,5-12H2,1H3,(H,21,24)(H,22,26). The Morgan fingerprint density at radius 3 is 2.32 bits per heavy atom. The number of hydrogen-bond donors (Lipinski definition) is 2. The molecule has 1 saturated carbocycles. The number of rotatable bonds is 7. The van der Waals surface area contributed by atoms with Crippen molar-refractivity contribution in [3.63, 3.8) is 0 Å². The van der Waals surface area contributed by atoms with Gasteiger partial charge < -0.3 is 19.7 Å². The summed E-state index contributed by atoms with van der Waals surface area (Å²) in [4.78, 5) is 38.3. The molecule has 2 fully saturated rings. The van der Waals surface area contributed by atoms with Crippen LogP contribution in [0.5, 0.6) is 0 Å². The van der Waals surface area contributed by atoms with Crippen LogP contribution in [-0.4, -0.2) is 56.2 Å². The lowest BCUT2D eigenvalue weighted by Crippen LogP contribution is -2.42. The molecule has 2 N–H and O–H groups in total. The second kappa shape index (κ2) is 9.54. The second-order valence-electron chi connectivity index (χ2n) is 7.20. The molecule has 8 nitrogen and oxygen atoms in total. The highest BCUT2D eigenvalue weighted by atomic mass is 16.6. The zero-order chi connectivity index (χ0) is 19.9. The van der Waals surface area contributed by atoms with Crippen molar-refractivity contribution in [1.29, 1.82) is 0 Å². The molecule has 0 atom stereocenters. The average molecular weight is 389 g/mol. The van der Waals surface area contributed by atoms with E-state index in [0.717, 1.165) is 12.8 Å². The van der Waals surface area contributed by atoms with Gasteiger partial charge in [-0.05, 0) is 43.9 Å². The van der Waals surface area contributed by atoms with Gasteiger partial charge in [0.2, 0.25) is 11.8 Å². The summed E-state index contributed by atoms with van der Waals surface area (Å²) in [6, 6.07) is 6.92. The fourth-order valence-electron chi connectivity index (χ4n) is 3.24. The zero-order valence-corrected chi connectivity index (χ0v) is 16.1. The van der Waals surface area contributed by atoms with Crippen molar-refractivity contribution in [3.8, 4) is 0 Å². The smallest absolute Gasteiger partial charge is 0.411 e. The number of ether oxygens (including phenoxy) is 2. The molecule has 152 valence electrons. The Labute approximate surface area is 164 Å². The van der Waals surface area contributed by atoms with Gasteiger partial charge in [0.25, 0.3) is 0 Å². The van der Waals surface area contributed by atoms with Gasteiger partial charge in [0, 0.05) is 43.4 Å². The van der Waals surface area contributed by atoms with Gasteiger partial charge in [-0.15, -0.1) is 0 Å². The van der Waals surface area contributed by atoms with Crippen molar-refractivity contribution in [2.75, 3.05) is 44.0 Å². The fourth-order valence-corrected chi connectivity index (χ4v) is 3.24. The quantitative estimate of drug-likeness (QED) is 0.699. The van der Waals surface area contributed by atoms with E-state index >= 15 is 0 Å². The predicted octanol–water partition coefficient (Wildman–Crippen LogP) is 2.47. The van der Waals surface area contributed by atoms with Crippen LogP contribution in [0.3, 0.4) is 0 Å². The number of anilines is 2. The van der Waals surface area contributed by atoms with Gasteiger partial charge in [-0.1, -0.05) is 6.07 Å². The fraction of sp³-hybridized carbons (Fsp3) is 0.550. The van der Waals surface area contributed by atoms with Gasteiger partial charge in [0.1, 0.15) is 6.61 Å². The summed E-state index contributed by atoms with van der Waals surface area (Å²) >= 11 is 0. The molecule has 0 bridgehead atoms. The van der Waals surface area contributed by atoms with Crippen LogP contribution >= 0.6 is 0 Å². The molecule has 0 unspecified atom stereocenters. The summed E-state index contributed by atoms with van der Waals surface area (Å²) in [5.74, 6) is 0.300. The van der Waals surface area contributed by atoms with E-state index in [1.54, 1.807) is 24.3 Å². The highest BCUT2D eigenvalue weighted by Gasteiger charge is 2.35. The van der Waals surface area contributed by atoms with E-state index in [0.29, 0.717) is 43.9 Å². The Hall–Kier alpha value is -2.61. The molecule has 1 aliphatic heterocycles. The summed E-state index contributed by atoms with van der Waals surface area (Å²) < 4.78 is 9.78. The highest BCUT2D eigenvalue weighted by Crippen LogP contribution is 2.32. The predicted molar refractivity (Wildman–Crippen MR) is 104 cm³/mol. The van der Waals surface area contributed by atoms with E-state index in [4.69, 9.17) is 9.47 Å². The molecule has 8 heteroatoms. The third kappa shape index (κ3) is 5.69. The first-order chi connectivity index (χ1) is 13.6. The van der Waals surface area contributed by atoms with Crippen LogP contribution in [0.25, 0.3) is 0 Å². The maximum absolute atomic E-state index is 12.6. The molecule has 0 aromatic heterocycles. The number of methoxy groups -OCH3 is 1. The largest absolute Gasteiger partial charge is 0.447 e. The van der Waals surface area contributed by atoms with Crippen LogP contribution in [0.2, 0.25) is 0 Å². The first-order valence-corrected chi connectivity index (χ1v) is 9.69. The second-order valence-corrected chi connectivity index (χ2v) is 7.20. The summed E-state index contributed by atoms with van der Waals surface area (Å²) in [6.07, 6.45) is 2.78. The maximum Gasteiger partial charge on any atom is 0.411 e. The number of carbonyl (C=O) groups excluding carboxylic acids is 3. The van der Waals surface area contributed by atoms with Gasteiger partial charge in [-0.25, -0.2) is 4.79 Å². The van der Waals surface area contributed by atoms with Crippen LogP contribution in [0.15, 0.2) is 24.3 Å². The van der Waals surface area contributed by atoms with Crippen LogP contribution in [0.1, 0.15) is 25.7 Å². The first-order valence-electron chi connectivity index (χ1n) is 9.69. The molecular formula is C20H27N3O5. The molecule has 28 heavy (non-hydrogen) atoms. The van der Waals surface area contributed by atoms with Gasteiger partial charge in [0.05, 0.1) is 6.61 Å². The molecule has 1 aliphatic carbocycles. The molecular weight excluding hydrogens is 362 g/mol. The number of carbonyl (C=O) groups is 3. The minimum absolute atomic E-state index is 0.0571. The van der Waals surface area contributed by atoms with Crippen molar-refractivity contribution in [3.05, 3.63) is 24.3 Å². The monoisotopic (exact) mass is 389 g/mol. The van der Waals surface area contributed by atoms with E-state index in [9.17, 15) is 14.4 Å². The third-order valence-electron chi connectivity index (χ3n) is 5.00. The van der Waals surface area contributed by atoms with Gasteiger partial charge >= 0.3 is 6.09 Å². The maximum atomic E-state index is 12.6. The number of amides is 3. The molecule has 3 amide bonds. The average Bonchev–Trinajstić information content (AvgIpc) is 3.53. The zero-order valence-electron chi connectivity index (χ0n) is 16.1. The number of nitrogens with one attached hydrogen (secondary N) is 2. The summed E-state index contributed by atoms with van der Waals surface area (Å²) in [7, 11) is 1.53. The summed E-state index contributed by atoms with van der Waals surface area (Å²) in [5, 5.41) is 5.52. The van der Waals surface area contributed by atoms with Gasteiger partial charge in [-0.3, -0.25) is 14.9 Å². The molecule has 2 aliphatic rings. The Morgan fingerprint density at radius 2 is 1.68 bits per heavy atom. The first kappa shape index (κ1) is 20.1. The van der Waals surface area contributed by atoms with Crippen LogP contribution in [0, 0.1) is 11.8 Å². The van der Waals surface area contributed by atoms with Crippen LogP contribution in [0.4, 0.5) is 16.2 Å². The van der Waals surface area contributed by atoms with E-state index < -0.39 is 6.09 Å². The Balaban J connectivity index is 1.46. The number of nitrogens with zero attached hydrogens (tertiary/aromatic N) is 1. The number of likely N-dealkylation sites (tertiary alicyclic amines) is 1. The summed E-state index contributed by atoms with van der Waals surface area (Å²) in [5.41, 5.74) is 1.14. The Morgan fingerprint density at radius 1 is 1.00 bits per heavy atom. The topological polar surface area (TPSA) is 97.0 Å². The minimum atomic E-state index is -0.576. The van der Waals surface area contributed by atoms with Gasteiger partial charge in [-0.2, -0.15) is 0 Å². The van der Waals surface area contributed by atoms with Crippen molar-refractivity contribution < 1.29 is 23.9 Å². The van der Waals surface area contributed by atoms with Crippen molar-refractivity contribution in [1.82, 2.24) is 4.90 Å². The molecule has 0 radical (unpaired) electrons.